The second-order valence-corrected chi connectivity index (χ2v) is 5.07. The zero-order valence-corrected chi connectivity index (χ0v) is 12.9. The van der Waals surface area contributed by atoms with Gasteiger partial charge < -0.3 is 10.2 Å². The lowest BCUT2D eigenvalue weighted by Gasteiger charge is -2.38. The number of piperazine rings is 1. The summed E-state index contributed by atoms with van der Waals surface area (Å²) in [4.78, 5) is 16.7. The van der Waals surface area contributed by atoms with Gasteiger partial charge in [0.15, 0.2) is 0 Å². The van der Waals surface area contributed by atoms with Crippen LogP contribution in [0.25, 0.3) is 0 Å². The van der Waals surface area contributed by atoms with Crippen molar-refractivity contribution in [2.24, 2.45) is 5.92 Å². The molecule has 1 N–H and O–H groups in total. The van der Waals surface area contributed by atoms with Gasteiger partial charge in [0.05, 0.1) is 0 Å². The number of rotatable bonds is 3. The van der Waals surface area contributed by atoms with E-state index in [1.807, 2.05) is 14.0 Å². The molecule has 2 unspecified atom stereocenters. The summed E-state index contributed by atoms with van der Waals surface area (Å²) < 4.78 is 0. The normalized spacial score (nSPS) is 24.8. The molecule has 4 nitrogen and oxygen atoms in total. The van der Waals surface area contributed by atoms with E-state index in [0.29, 0.717) is 11.9 Å². The number of amides is 1. The fourth-order valence-electron chi connectivity index (χ4n) is 2.90. The average Bonchev–Trinajstić information content (AvgIpc) is 2.75. The maximum Gasteiger partial charge on any atom is 0.226 e. The second-order valence-electron chi connectivity index (χ2n) is 5.07. The fourth-order valence-corrected chi connectivity index (χ4v) is 2.90. The maximum atomic E-state index is 12.1. The molecule has 0 radical (unpaired) electrons. The van der Waals surface area contributed by atoms with E-state index in [9.17, 15) is 4.79 Å². The van der Waals surface area contributed by atoms with E-state index in [-0.39, 0.29) is 30.7 Å². The smallest absolute Gasteiger partial charge is 0.226 e. The highest BCUT2D eigenvalue weighted by molar-refractivity contribution is 5.85. The van der Waals surface area contributed by atoms with E-state index in [2.05, 4.69) is 15.1 Å². The quantitative estimate of drug-likeness (QED) is 0.844. The van der Waals surface area contributed by atoms with Crippen molar-refractivity contribution in [1.82, 2.24) is 15.1 Å². The first-order chi connectivity index (χ1) is 7.72. The van der Waals surface area contributed by atoms with Crippen LogP contribution in [0.1, 0.15) is 19.8 Å². The molecular weight excluding hydrogens is 273 g/mol. The second kappa shape index (κ2) is 8.20. The zero-order chi connectivity index (χ0) is 11.5. The van der Waals surface area contributed by atoms with Crippen LogP contribution in [0.2, 0.25) is 0 Å². The summed E-state index contributed by atoms with van der Waals surface area (Å²) in [6.45, 7) is 6.97. The predicted molar refractivity (Wildman–Crippen MR) is 78.8 cm³/mol. The Hall–Kier alpha value is -0.0300. The van der Waals surface area contributed by atoms with Crippen molar-refractivity contribution in [3.63, 3.8) is 0 Å². The first kappa shape index (κ1) is 18.0. The lowest BCUT2D eigenvalue weighted by Crippen LogP contribution is -2.53. The Morgan fingerprint density at radius 1 is 1.33 bits per heavy atom. The van der Waals surface area contributed by atoms with Gasteiger partial charge in [0.25, 0.3) is 0 Å². The van der Waals surface area contributed by atoms with Gasteiger partial charge in [-0.25, -0.2) is 0 Å². The number of fused-ring (bicyclic) bond motifs is 1. The molecule has 0 spiro atoms. The van der Waals surface area contributed by atoms with Crippen LogP contribution in [-0.2, 0) is 4.79 Å². The molecule has 0 aromatic rings. The van der Waals surface area contributed by atoms with Crippen LogP contribution in [0.4, 0.5) is 0 Å². The Balaban J connectivity index is 0.00000144. The van der Waals surface area contributed by atoms with Gasteiger partial charge in [0, 0.05) is 38.1 Å². The van der Waals surface area contributed by atoms with Crippen LogP contribution < -0.4 is 5.32 Å². The van der Waals surface area contributed by atoms with Gasteiger partial charge in [0.2, 0.25) is 5.91 Å². The third kappa shape index (κ3) is 3.98. The Labute approximate surface area is 122 Å². The van der Waals surface area contributed by atoms with E-state index in [1.54, 1.807) is 0 Å². The first-order valence-electron chi connectivity index (χ1n) is 6.40. The largest absolute Gasteiger partial charge is 0.340 e. The topological polar surface area (TPSA) is 35.6 Å². The van der Waals surface area contributed by atoms with Crippen LogP contribution in [0, 0.1) is 5.92 Å². The van der Waals surface area contributed by atoms with Gasteiger partial charge >= 0.3 is 0 Å². The monoisotopic (exact) mass is 297 g/mol. The first-order valence-corrected chi connectivity index (χ1v) is 6.40. The molecule has 0 aromatic carbocycles. The minimum Gasteiger partial charge on any atom is -0.340 e. The van der Waals surface area contributed by atoms with E-state index < -0.39 is 0 Å². The molecule has 108 valence electrons. The summed E-state index contributed by atoms with van der Waals surface area (Å²) in [5, 5.41) is 3.08. The third-order valence-electron chi connectivity index (χ3n) is 3.83. The Kier molecular flexibility index (Phi) is 8.19. The fraction of sp³-hybridized carbons (Fsp3) is 0.917. The van der Waals surface area contributed by atoms with Crippen molar-refractivity contribution in [2.45, 2.75) is 25.8 Å². The molecule has 2 saturated heterocycles. The van der Waals surface area contributed by atoms with Gasteiger partial charge in [-0.1, -0.05) is 6.92 Å². The van der Waals surface area contributed by atoms with Crippen molar-refractivity contribution < 1.29 is 4.79 Å². The number of nitrogens with zero attached hydrogens (tertiary/aromatic N) is 2. The van der Waals surface area contributed by atoms with E-state index >= 15 is 0 Å². The summed E-state index contributed by atoms with van der Waals surface area (Å²) in [6.07, 6.45) is 2.57. The van der Waals surface area contributed by atoms with Crippen LogP contribution in [-0.4, -0.2) is 61.5 Å². The lowest BCUT2D eigenvalue weighted by atomic mass is 10.1. The minimum atomic E-state index is 0. The number of hydrogen-bond donors (Lipinski definition) is 1. The van der Waals surface area contributed by atoms with Crippen molar-refractivity contribution >= 4 is 30.7 Å². The molecule has 0 aromatic heterocycles. The molecule has 2 fully saturated rings. The minimum absolute atomic E-state index is 0. The average molecular weight is 298 g/mol. The highest BCUT2D eigenvalue weighted by atomic mass is 35.5. The predicted octanol–water partition coefficient (Wildman–Crippen LogP) is 0.992. The number of carbonyl (C=O) groups excluding carboxylic acids is 1. The van der Waals surface area contributed by atoms with Gasteiger partial charge in [-0.3, -0.25) is 9.69 Å². The molecule has 1 amide bonds. The summed E-state index contributed by atoms with van der Waals surface area (Å²) in [5.74, 6) is 0.429. The molecule has 2 heterocycles. The summed E-state index contributed by atoms with van der Waals surface area (Å²) in [6, 6.07) is 0.638. The van der Waals surface area contributed by atoms with E-state index in [1.165, 1.54) is 19.4 Å². The zero-order valence-electron chi connectivity index (χ0n) is 11.2. The van der Waals surface area contributed by atoms with Gasteiger partial charge in [-0.2, -0.15) is 0 Å². The van der Waals surface area contributed by atoms with E-state index in [4.69, 9.17) is 0 Å². The van der Waals surface area contributed by atoms with Gasteiger partial charge in [0.1, 0.15) is 0 Å². The SMILES string of the molecule is CNCC(C)C(=O)N1CCN2CCCC2C1.Cl.Cl. The highest BCUT2D eigenvalue weighted by Gasteiger charge is 2.33. The Morgan fingerprint density at radius 2 is 2.06 bits per heavy atom. The highest BCUT2D eigenvalue weighted by Crippen LogP contribution is 2.22. The van der Waals surface area contributed by atoms with Crippen LogP contribution in [0.5, 0.6) is 0 Å². The molecule has 18 heavy (non-hydrogen) atoms. The van der Waals surface area contributed by atoms with E-state index in [0.717, 1.165) is 26.2 Å². The van der Waals surface area contributed by atoms with Gasteiger partial charge in [-0.05, 0) is 26.4 Å². The number of carbonyl (C=O) groups is 1. The molecule has 0 saturated carbocycles. The van der Waals surface area contributed by atoms with Crippen molar-refractivity contribution in [3.8, 4) is 0 Å². The summed E-state index contributed by atoms with van der Waals surface area (Å²) >= 11 is 0. The molecule has 6 heteroatoms. The number of nitrogens with one attached hydrogen (secondary N) is 1. The molecular formula is C12H25Cl2N3O. The van der Waals surface area contributed by atoms with Crippen molar-refractivity contribution in [1.29, 1.82) is 0 Å². The lowest BCUT2D eigenvalue weighted by molar-refractivity contribution is -0.137. The molecule has 0 aliphatic carbocycles. The van der Waals surface area contributed by atoms with Crippen molar-refractivity contribution in [3.05, 3.63) is 0 Å². The maximum absolute atomic E-state index is 12.1. The molecule has 2 aliphatic heterocycles. The van der Waals surface area contributed by atoms with Crippen LogP contribution in [0.3, 0.4) is 0 Å². The molecule has 2 atom stereocenters. The number of hydrogen-bond acceptors (Lipinski definition) is 3. The molecule has 2 rings (SSSR count). The summed E-state index contributed by atoms with van der Waals surface area (Å²) in [7, 11) is 1.90. The Bertz CT molecular complexity index is 266. The van der Waals surface area contributed by atoms with Crippen LogP contribution >= 0.6 is 24.8 Å². The third-order valence-corrected chi connectivity index (χ3v) is 3.83. The van der Waals surface area contributed by atoms with Gasteiger partial charge in [-0.15, -0.1) is 24.8 Å². The van der Waals surface area contributed by atoms with Crippen molar-refractivity contribution in [2.75, 3.05) is 39.8 Å². The van der Waals surface area contributed by atoms with Crippen LogP contribution in [0.15, 0.2) is 0 Å². The molecule has 0 bridgehead atoms. The Morgan fingerprint density at radius 3 is 2.72 bits per heavy atom. The molecule has 2 aliphatic rings. The standard InChI is InChI=1S/C12H23N3O.2ClH/c1-10(8-13-2)12(16)15-7-6-14-5-3-4-11(14)9-15;;/h10-11,13H,3-9H2,1-2H3;2*1H. The summed E-state index contributed by atoms with van der Waals surface area (Å²) in [5.41, 5.74) is 0. The number of halogens is 2.